The second-order valence-corrected chi connectivity index (χ2v) is 6.71. The Labute approximate surface area is 107 Å². The summed E-state index contributed by atoms with van der Waals surface area (Å²) in [5.74, 6) is 0. The third-order valence-corrected chi connectivity index (χ3v) is 4.21. The van der Waals surface area contributed by atoms with Crippen molar-refractivity contribution in [2.45, 2.75) is 25.2 Å². The molecule has 1 aromatic carbocycles. The van der Waals surface area contributed by atoms with Crippen molar-refractivity contribution in [1.29, 1.82) is 0 Å². The molecule has 0 aliphatic heterocycles. The van der Waals surface area contributed by atoms with Crippen LogP contribution in [0.25, 0.3) is 0 Å². The van der Waals surface area contributed by atoms with E-state index in [0.29, 0.717) is 0 Å². The molecule has 0 unspecified atom stereocenters. The fraction of sp³-hybridized carbons (Fsp3) is 0.500. The molecular formula is C12H15ClO3S. The summed E-state index contributed by atoms with van der Waals surface area (Å²) in [6.07, 6.45) is 2.91. The van der Waals surface area contributed by atoms with Crippen LogP contribution in [0.15, 0.2) is 18.2 Å². The zero-order valence-corrected chi connectivity index (χ0v) is 11.4. The van der Waals surface area contributed by atoms with Gasteiger partial charge in [0.25, 0.3) is 10.1 Å². The first-order valence-corrected chi connectivity index (χ1v) is 7.64. The van der Waals surface area contributed by atoms with Crippen molar-refractivity contribution in [3.05, 3.63) is 34.3 Å². The Morgan fingerprint density at radius 2 is 2.06 bits per heavy atom. The van der Waals surface area contributed by atoms with E-state index in [1.54, 1.807) is 0 Å². The highest BCUT2D eigenvalue weighted by atomic mass is 35.5. The summed E-state index contributed by atoms with van der Waals surface area (Å²) in [6, 6.07) is 5.84. The molecule has 3 nitrogen and oxygen atoms in total. The van der Waals surface area contributed by atoms with Crippen LogP contribution in [0.2, 0.25) is 5.02 Å². The number of rotatable bonds is 4. The molecule has 1 aromatic rings. The first kappa shape index (κ1) is 12.9. The molecule has 0 heterocycles. The Hall–Kier alpha value is -0.580. The summed E-state index contributed by atoms with van der Waals surface area (Å²) in [7, 11) is -3.39. The third kappa shape index (κ3) is 2.81. The highest BCUT2D eigenvalue weighted by Crippen LogP contribution is 2.51. The van der Waals surface area contributed by atoms with Crippen molar-refractivity contribution in [3.63, 3.8) is 0 Å². The highest BCUT2D eigenvalue weighted by molar-refractivity contribution is 7.85. The van der Waals surface area contributed by atoms with Crippen LogP contribution >= 0.6 is 11.6 Å². The molecule has 1 aliphatic carbocycles. The average Bonchev–Trinajstić information content (AvgIpc) is 2.99. The summed E-state index contributed by atoms with van der Waals surface area (Å²) < 4.78 is 27.0. The summed E-state index contributed by atoms with van der Waals surface area (Å²) in [5, 5.41) is 0.724. The third-order valence-electron chi connectivity index (χ3n) is 3.17. The Morgan fingerprint density at radius 1 is 1.41 bits per heavy atom. The van der Waals surface area contributed by atoms with Gasteiger partial charge in [0.15, 0.2) is 0 Å². The van der Waals surface area contributed by atoms with Crippen LogP contribution in [0, 0.1) is 6.92 Å². The van der Waals surface area contributed by atoms with Crippen molar-refractivity contribution in [3.8, 4) is 0 Å². The summed E-state index contributed by atoms with van der Waals surface area (Å²) in [4.78, 5) is 0. The Bertz CT molecular complexity index is 533. The fourth-order valence-electron chi connectivity index (χ4n) is 1.92. The molecule has 1 saturated carbocycles. The lowest BCUT2D eigenvalue weighted by Gasteiger charge is -2.17. The zero-order valence-electron chi connectivity index (χ0n) is 9.86. The number of aryl methyl sites for hydroxylation is 1. The van der Waals surface area contributed by atoms with Crippen molar-refractivity contribution in [1.82, 2.24) is 0 Å². The van der Waals surface area contributed by atoms with Gasteiger partial charge in [-0.1, -0.05) is 29.8 Å². The van der Waals surface area contributed by atoms with Crippen molar-refractivity contribution >= 4 is 21.7 Å². The van der Waals surface area contributed by atoms with E-state index in [1.165, 1.54) is 0 Å². The molecule has 1 fully saturated rings. The Morgan fingerprint density at radius 3 is 2.59 bits per heavy atom. The molecule has 0 saturated heterocycles. The molecule has 0 radical (unpaired) electrons. The highest BCUT2D eigenvalue weighted by Gasteiger charge is 2.46. The van der Waals surface area contributed by atoms with Gasteiger partial charge in [0.05, 0.1) is 12.9 Å². The Kier molecular flexibility index (Phi) is 3.23. The van der Waals surface area contributed by atoms with E-state index >= 15 is 0 Å². The Balaban J connectivity index is 2.24. The molecule has 0 N–H and O–H groups in total. The number of hydrogen-bond acceptors (Lipinski definition) is 3. The topological polar surface area (TPSA) is 43.4 Å². The van der Waals surface area contributed by atoms with Crippen molar-refractivity contribution in [2.24, 2.45) is 0 Å². The first-order chi connectivity index (χ1) is 7.84. The maximum Gasteiger partial charge on any atom is 0.264 e. The van der Waals surface area contributed by atoms with Gasteiger partial charge in [-0.25, -0.2) is 0 Å². The molecular weight excluding hydrogens is 260 g/mol. The van der Waals surface area contributed by atoms with Gasteiger partial charge in [-0.3, -0.25) is 4.18 Å². The molecule has 0 aromatic heterocycles. The van der Waals surface area contributed by atoms with Crippen LogP contribution in [-0.2, 0) is 19.7 Å². The van der Waals surface area contributed by atoms with Crippen LogP contribution in [0.5, 0.6) is 0 Å². The van der Waals surface area contributed by atoms with Crippen LogP contribution in [-0.4, -0.2) is 21.3 Å². The predicted molar refractivity (Wildman–Crippen MR) is 67.9 cm³/mol. The van der Waals surface area contributed by atoms with Gasteiger partial charge >= 0.3 is 0 Å². The molecule has 17 heavy (non-hydrogen) atoms. The average molecular weight is 275 g/mol. The van der Waals surface area contributed by atoms with Gasteiger partial charge in [-0.2, -0.15) is 8.42 Å². The minimum Gasteiger partial charge on any atom is -0.269 e. The number of hydrogen-bond donors (Lipinski definition) is 0. The smallest absolute Gasteiger partial charge is 0.264 e. The molecule has 94 valence electrons. The quantitative estimate of drug-likeness (QED) is 0.793. The van der Waals surface area contributed by atoms with Crippen LogP contribution in [0.4, 0.5) is 0 Å². The van der Waals surface area contributed by atoms with Crippen LogP contribution in [0.1, 0.15) is 24.0 Å². The van der Waals surface area contributed by atoms with E-state index in [1.807, 2.05) is 25.1 Å². The molecule has 0 amide bonds. The van der Waals surface area contributed by atoms with Gasteiger partial charge < -0.3 is 0 Å². The lowest BCUT2D eigenvalue weighted by molar-refractivity contribution is 0.285. The standard InChI is InChI=1S/C12H15ClO3S/c1-9-4-3-5-10(11(9)13)12(6-7-12)8-16-17(2,14)15/h3-5H,6-8H2,1-2H3. The number of benzene rings is 1. The van der Waals surface area contributed by atoms with Gasteiger partial charge in [0.2, 0.25) is 0 Å². The van der Waals surface area contributed by atoms with E-state index in [4.69, 9.17) is 15.8 Å². The van der Waals surface area contributed by atoms with E-state index in [-0.39, 0.29) is 12.0 Å². The minimum atomic E-state index is -3.39. The van der Waals surface area contributed by atoms with Gasteiger partial charge in [-0.15, -0.1) is 0 Å². The van der Waals surface area contributed by atoms with Crippen LogP contribution < -0.4 is 0 Å². The van der Waals surface area contributed by atoms with E-state index in [9.17, 15) is 8.42 Å². The SMILES string of the molecule is Cc1cccc(C2(COS(C)(=O)=O)CC2)c1Cl. The molecule has 1 aliphatic rings. The van der Waals surface area contributed by atoms with Crippen molar-refractivity contribution in [2.75, 3.05) is 12.9 Å². The largest absolute Gasteiger partial charge is 0.269 e. The van der Waals surface area contributed by atoms with E-state index < -0.39 is 10.1 Å². The van der Waals surface area contributed by atoms with Crippen molar-refractivity contribution < 1.29 is 12.6 Å². The first-order valence-electron chi connectivity index (χ1n) is 5.44. The number of halogens is 1. The second kappa shape index (κ2) is 4.26. The monoisotopic (exact) mass is 274 g/mol. The maximum atomic E-state index is 11.0. The molecule has 0 spiro atoms. The zero-order chi connectivity index (χ0) is 12.7. The molecule has 5 heteroatoms. The minimum absolute atomic E-state index is 0.189. The lowest BCUT2D eigenvalue weighted by atomic mass is 9.95. The van der Waals surface area contributed by atoms with Gasteiger partial charge in [0.1, 0.15) is 0 Å². The van der Waals surface area contributed by atoms with Crippen LogP contribution in [0.3, 0.4) is 0 Å². The second-order valence-electron chi connectivity index (χ2n) is 4.68. The summed E-state index contributed by atoms with van der Waals surface area (Å²) in [6.45, 7) is 2.13. The molecule has 0 atom stereocenters. The van der Waals surface area contributed by atoms with E-state index in [2.05, 4.69) is 0 Å². The molecule has 2 rings (SSSR count). The summed E-state index contributed by atoms with van der Waals surface area (Å²) in [5.41, 5.74) is 1.81. The lowest BCUT2D eigenvalue weighted by Crippen LogP contribution is -2.19. The summed E-state index contributed by atoms with van der Waals surface area (Å²) >= 11 is 6.26. The van der Waals surface area contributed by atoms with Gasteiger partial charge in [-0.05, 0) is 30.9 Å². The van der Waals surface area contributed by atoms with Gasteiger partial charge in [0, 0.05) is 10.4 Å². The normalized spacial score (nSPS) is 18.1. The predicted octanol–water partition coefficient (Wildman–Crippen LogP) is 2.66. The van der Waals surface area contributed by atoms with E-state index in [0.717, 1.165) is 35.2 Å². The maximum absolute atomic E-state index is 11.0. The molecule has 0 bridgehead atoms. The fourth-order valence-corrected chi connectivity index (χ4v) is 2.69.